The molecule has 1 aromatic carbocycles. The van der Waals surface area contributed by atoms with E-state index in [-0.39, 0.29) is 5.82 Å². The lowest BCUT2D eigenvalue weighted by molar-refractivity contribution is 0.310. The molecule has 3 aromatic heterocycles. The van der Waals surface area contributed by atoms with Crippen molar-refractivity contribution in [3.63, 3.8) is 0 Å². The van der Waals surface area contributed by atoms with Gasteiger partial charge in [0.25, 0.3) is 0 Å². The summed E-state index contributed by atoms with van der Waals surface area (Å²) >= 11 is 0. The number of benzene rings is 1. The molecule has 0 amide bonds. The van der Waals surface area contributed by atoms with E-state index in [1.54, 1.807) is 19.3 Å². The summed E-state index contributed by atoms with van der Waals surface area (Å²) < 4.78 is 6.61. The van der Waals surface area contributed by atoms with Gasteiger partial charge in [0.15, 0.2) is 17.3 Å². The largest absolute Gasteiger partial charge is 0.411 e. The van der Waals surface area contributed by atoms with Gasteiger partial charge in [0.05, 0.1) is 17.4 Å². The van der Waals surface area contributed by atoms with Crippen LogP contribution in [0.15, 0.2) is 52.5 Å². The van der Waals surface area contributed by atoms with E-state index in [1.165, 1.54) is 0 Å². The number of hydrogen-bond acceptors (Lipinski definition) is 8. The second-order valence-electron chi connectivity index (χ2n) is 5.37. The number of pyridine rings is 1. The number of oxime groups is 1. The summed E-state index contributed by atoms with van der Waals surface area (Å²) in [6.45, 7) is 1.72. The Morgan fingerprint density at radius 3 is 2.68 bits per heavy atom. The maximum absolute atomic E-state index is 8.91. The number of aromatic nitrogens is 5. The molecule has 3 heterocycles. The number of anilines is 1. The minimum Gasteiger partial charge on any atom is -0.411 e. The van der Waals surface area contributed by atoms with Crippen LogP contribution in [0.25, 0.3) is 28.2 Å². The highest BCUT2D eigenvalue weighted by molar-refractivity contribution is 5.98. The zero-order valence-corrected chi connectivity index (χ0v) is 13.2. The van der Waals surface area contributed by atoms with Crippen LogP contribution in [0.4, 0.5) is 5.82 Å². The Morgan fingerprint density at radius 1 is 1.20 bits per heavy atom. The van der Waals surface area contributed by atoms with Crippen LogP contribution in [0.3, 0.4) is 0 Å². The lowest BCUT2D eigenvalue weighted by Gasteiger charge is -2.09. The van der Waals surface area contributed by atoms with Crippen molar-refractivity contribution in [1.82, 2.24) is 24.8 Å². The highest BCUT2D eigenvalue weighted by atomic mass is 16.6. The molecular formula is C16H13N7O2. The van der Waals surface area contributed by atoms with E-state index in [9.17, 15) is 0 Å². The Hall–Kier alpha value is -3.75. The summed E-state index contributed by atoms with van der Waals surface area (Å²) in [5.41, 5.74) is 9.90. The standard InChI is InChI=1S/C16H13N7O2/c1-9(20-24)10-2-4-11(5-3-10)23-13-6-7-18-8-12(13)19-16(23)14-15(17)22-25-21-14/h2-8,24H,1H3,(H2,17,22)/b20-9+. The molecule has 0 fully saturated rings. The Morgan fingerprint density at radius 2 is 2.00 bits per heavy atom. The summed E-state index contributed by atoms with van der Waals surface area (Å²) in [6.07, 6.45) is 3.35. The lowest BCUT2D eigenvalue weighted by atomic mass is 10.1. The smallest absolute Gasteiger partial charge is 0.199 e. The third-order valence-corrected chi connectivity index (χ3v) is 3.88. The van der Waals surface area contributed by atoms with Crippen LogP contribution in [-0.4, -0.2) is 35.8 Å². The number of nitrogens with two attached hydrogens (primary N) is 1. The van der Waals surface area contributed by atoms with E-state index < -0.39 is 0 Å². The van der Waals surface area contributed by atoms with E-state index >= 15 is 0 Å². The highest BCUT2D eigenvalue weighted by Gasteiger charge is 2.20. The maximum Gasteiger partial charge on any atom is 0.199 e. The van der Waals surface area contributed by atoms with Gasteiger partial charge in [0.1, 0.15) is 5.52 Å². The van der Waals surface area contributed by atoms with Crippen LogP contribution in [-0.2, 0) is 0 Å². The first-order chi connectivity index (χ1) is 12.2. The molecule has 0 atom stereocenters. The lowest BCUT2D eigenvalue weighted by Crippen LogP contribution is -2.01. The van der Waals surface area contributed by atoms with E-state index in [0.29, 0.717) is 22.7 Å². The number of nitrogens with zero attached hydrogens (tertiary/aromatic N) is 6. The van der Waals surface area contributed by atoms with E-state index in [0.717, 1.165) is 16.8 Å². The fraction of sp³-hybridized carbons (Fsp3) is 0.0625. The Balaban J connectivity index is 1.96. The van der Waals surface area contributed by atoms with Gasteiger partial charge in [-0.05, 0) is 41.0 Å². The molecule has 0 saturated heterocycles. The fourth-order valence-electron chi connectivity index (χ4n) is 2.61. The predicted molar refractivity (Wildman–Crippen MR) is 90.6 cm³/mol. The zero-order valence-electron chi connectivity index (χ0n) is 13.2. The third-order valence-electron chi connectivity index (χ3n) is 3.88. The van der Waals surface area contributed by atoms with Gasteiger partial charge in [-0.2, -0.15) is 0 Å². The first kappa shape index (κ1) is 14.8. The van der Waals surface area contributed by atoms with Crippen molar-refractivity contribution in [3.05, 3.63) is 48.3 Å². The van der Waals surface area contributed by atoms with Gasteiger partial charge < -0.3 is 10.9 Å². The molecule has 3 N–H and O–H groups in total. The van der Waals surface area contributed by atoms with Crippen molar-refractivity contribution in [1.29, 1.82) is 0 Å². The summed E-state index contributed by atoms with van der Waals surface area (Å²) in [5, 5.41) is 19.6. The second-order valence-corrected chi connectivity index (χ2v) is 5.37. The van der Waals surface area contributed by atoms with Crippen molar-refractivity contribution < 1.29 is 9.84 Å². The van der Waals surface area contributed by atoms with Gasteiger partial charge in [-0.15, -0.1) is 0 Å². The number of imidazole rings is 1. The van der Waals surface area contributed by atoms with Gasteiger partial charge >= 0.3 is 0 Å². The fourth-order valence-corrected chi connectivity index (χ4v) is 2.61. The molecule has 4 aromatic rings. The zero-order chi connectivity index (χ0) is 17.4. The summed E-state index contributed by atoms with van der Waals surface area (Å²) in [7, 11) is 0. The molecule has 4 rings (SSSR count). The summed E-state index contributed by atoms with van der Waals surface area (Å²) in [4.78, 5) is 8.66. The van der Waals surface area contributed by atoms with Gasteiger partial charge in [-0.3, -0.25) is 9.55 Å². The second kappa shape index (κ2) is 5.71. The van der Waals surface area contributed by atoms with Crippen LogP contribution in [0.1, 0.15) is 12.5 Å². The number of fused-ring (bicyclic) bond motifs is 1. The van der Waals surface area contributed by atoms with E-state index in [2.05, 4.69) is 25.4 Å². The van der Waals surface area contributed by atoms with E-state index in [4.69, 9.17) is 15.6 Å². The molecule has 9 heteroatoms. The van der Waals surface area contributed by atoms with Gasteiger partial charge in [-0.1, -0.05) is 17.3 Å². The van der Waals surface area contributed by atoms with Crippen molar-refractivity contribution in [2.75, 3.05) is 5.73 Å². The average molecular weight is 335 g/mol. The normalized spacial score (nSPS) is 12.0. The van der Waals surface area contributed by atoms with Crippen LogP contribution in [0.5, 0.6) is 0 Å². The van der Waals surface area contributed by atoms with Crippen LogP contribution < -0.4 is 5.73 Å². The third kappa shape index (κ3) is 2.38. The minimum atomic E-state index is 0.157. The Labute approximate surface area is 141 Å². The number of rotatable bonds is 3. The topological polar surface area (TPSA) is 128 Å². The first-order valence-electron chi connectivity index (χ1n) is 7.39. The van der Waals surface area contributed by atoms with Crippen molar-refractivity contribution >= 4 is 22.6 Å². The van der Waals surface area contributed by atoms with E-state index in [1.807, 2.05) is 34.9 Å². The summed E-state index contributed by atoms with van der Waals surface area (Å²) in [6, 6.07) is 9.33. The average Bonchev–Trinajstić information content (AvgIpc) is 3.24. The molecule has 0 unspecified atom stereocenters. The monoisotopic (exact) mass is 335 g/mol. The van der Waals surface area contributed by atoms with Crippen molar-refractivity contribution in [2.24, 2.45) is 5.16 Å². The predicted octanol–water partition coefficient (Wildman–Crippen LogP) is 2.25. The van der Waals surface area contributed by atoms with Crippen LogP contribution in [0, 0.1) is 0 Å². The Kier molecular flexibility index (Phi) is 3.38. The van der Waals surface area contributed by atoms with Crippen molar-refractivity contribution in [3.8, 4) is 17.2 Å². The molecule has 0 aliphatic rings. The SMILES string of the molecule is C/C(=N\O)c1ccc(-n2c(-c3nonc3N)nc3cnccc32)cc1. The molecule has 0 radical (unpaired) electrons. The molecule has 124 valence electrons. The van der Waals surface area contributed by atoms with Gasteiger partial charge in [-0.25, -0.2) is 9.61 Å². The Bertz CT molecular complexity index is 1080. The minimum absolute atomic E-state index is 0.157. The molecule has 0 aliphatic heterocycles. The van der Waals surface area contributed by atoms with Crippen LogP contribution >= 0.6 is 0 Å². The highest BCUT2D eigenvalue weighted by Crippen LogP contribution is 2.29. The van der Waals surface area contributed by atoms with Crippen LogP contribution in [0.2, 0.25) is 0 Å². The quantitative estimate of drug-likeness (QED) is 0.334. The van der Waals surface area contributed by atoms with Gasteiger partial charge in [0, 0.05) is 11.9 Å². The molecule has 0 aliphatic carbocycles. The molecule has 0 spiro atoms. The first-order valence-corrected chi connectivity index (χ1v) is 7.39. The molecular weight excluding hydrogens is 322 g/mol. The van der Waals surface area contributed by atoms with Gasteiger partial charge in [0.2, 0.25) is 0 Å². The molecule has 25 heavy (non-hydrogen) atoms. The number of hydrogen-bond donors (Lipinski definition) is 2. The molecule has 0 saturated carbocycles. The van der Waals surface area contributed by atoms with Crippen molar-refractivity contribution in [2.45, 2.75) is 6.92 Å². The summed E-state index contributed by atoms with van der Waals surface area (Å²) in [5.74, 6) is 0.659. The number of nitrogen functional groups attached to an aromatic ring is 1. The maximum atomic E-state index is 8.91. The molecule has 9 nitrogen and oxygen atoms in total. The molecule has 0 bridgehead atoms.